The Kier molecular flexibility index (Phi) is 7.16. The van der Waals surface area contributed by atoms with Gasteiger partial charge in [0, 0.05) is 20.0 Å². The summed E-state index contributed by atoms with van der Waals surface area (Å²) in [4.78, 5) is 14.1. The standard InChI is InChI=1S/C15H28N2O.ClH/c1-12(14-4-3-8-16-11-14)10-15(18)17(2)9-7-13-5-6-13;/h12-14,16H,3-11H2,1-2H3;1H. The van der Waals surface area contributed by atoms with E-state index in [1.54, 1.807) is 0 Å². The summed E-state index contributed by atoms with van der Waals surface area (Å²) in [7, 11) is 1.97. The summed E-state index contributed by atoms with van der Waals surface area (Å²) in [5.74, 6) is 2.47. The topological polar surface area (TPSA) is 32.3 Å². The molecule has 1 amide bonds. The summed E-state index contributed by atoms with van der Waals surface area (Å²) in [6, 6.07) is 0. The minimum atomic E-state index is 0. The lowest BCUT2D eigenvalue weighted by Crippen LogP contribution is -2.36. The molecule has 112 valence electrons. The predicted octanol–water partition coefficient (Wildman–Crippen LogP) is 2.69. The summed E-state index contributed by atoms with van der Waals surface area (Å²) in [6.45, 7) is 5.45. The highest BCUT2D eigenvalue weighted by Gasteiger charge is 2.25. The molecule has 2 rings (SSSR count). The molecule has 0 aromatic heterocycles. The average molecular weight is 289 g/mol. The van der Waals surface area contributed by atoms with Crippen LogP contribution >= 0.6 is 12.4 Å². The van der Waals surface area contributed by atoms with E-state index in [1.807, 2.05) is 11.9 Å². The first-order chi connectivity index (χ1) is 8.66. The van der Waals surface area contributed by atoms with Gasteiger partial charge in [-0.05, 0) is 50.1 Å². The molecule has 2 aliphatic rings. The van der Waals surface area contributed by atoms with Crippen LogP contribution in [0.15, 0.2) is 0 Å². The summed E-state index contributed by atoms with van der Waals surface area (Å²) < 4.78 is 0. The number of piperidine rings is 1. The Balaban J connectivity index is 0.00000180. The molecule has 0 aromatic carbocycles. The van der Waals surface area contributed by atoms with Gasteiger partial charge in [-0.25, -0.2) is 0 Å². The largest absolute Gasteiger partial charge is 0.346 e. The number of rotatable bonds is 6. The quantitative estimate of drug-likeness (QED) is 0.815. The van der Waals surface area contributed by atoms with Crippen molar-refractivity contribution in [3.8, 4) is 0 Å². The van der Waals surface area contributed by atoms with Crippen molar-refractivity contribution >= 4 is 18.3 Å². The average Bonchev–Trinajstić information content (AvgIpc) is 3.21. The second kappa shape index (κ2) is 8.11. The Labute approximate surface area is 123 Å². The molecule has 1 aliphatic carbocycles. The zero-order chi connectivity index (χ0) is 13.0. The van der Waals surface area contributed by atoms with Crippen LogP contribution in [-0.4, -0.2) is 37.5 Å². The minimum Gasteiger partial charge on any atom is -0.346 e. The van der Waals surface area contributed by atoms with Gasteiger partial charge in [-0.15, -0.1) is 12.4 Å². The summed E-state index contributed by atoms with van der Waals surface area (Å²) >= 11 is 0. The number of halogens is 1. The number of carbonyl (C=O) groups is 1. The third-order valence-corrected chi connectivity index (χ3v) is 4.63. The molecule has 0 bridgehead atoms. The predicted molar refractivity (Wildman–Crippen MR) is 81.6 cm³/mol. The number of nitrogens with one attached hydrogen (secondary N) is 1. The van der Waals surface area contributed by atoms with Crippen molar-refractivity contribution in [3.63, 3.8) is 0 Å². The van der Waals surface area contributed by atoms with Crippen LogP contribution in [0.25, 0.3) is 0 Å². The molecule has 2 unspecified atom stereocenters. The molecule has 19 heavy (non-hydrogen) atoms. The maximum Gasteiger partial charge on any atom is 0.222 e. The maximum absolute atomic E-state index is 12.1. The van der Waals surface area contributed by atoms with Gasteiger partial charge >= 0.3 is 0 Å². The molecule has 1 saturated carbocycles. The van der Waals surface area contributed by atoms with E-state index in [2.05, 4.69) is 12.2 Å². The van der Waals surface area contributed by atoms with E-state index in [4.69, 9.17) is 0 Å². The van der Waals surface area contributed by atoms with E-state index in [9.17, 15) is 4.79 Å². The first-order valence-corrected chi connectivity index (χ1v) is 7.61. The number of amides is 1. The SMILES string of the molecule is CC(CC(=O)N(C)CCC1CC1)C1CCCNC1.Cl. The highest BCUT2D eigenvalue weighted by atomic mass is 35.5. The maximum atomic E-state index is 12.1. The lowest BCUT2D eigenvalue weighted by molar-refractivity contribution is -0.131. The van der Waals surface area contributed by atoms with Crippen molar-refractivity contribution in [2.75, 3.05) is 26.7 Å². The van der Waals surface area contributed by atoms with Crippen molar-refractivity contribution in [2.45, 2.75) is 45.4 Å². The van der Waals surface area contributed by atoms with Crippen molar-refractivity contribution in [2.24, 2.45) is 17.8 Å². The molecule has 0 spiro atoms. The van der Waals surface area contributed by atoms with Gasteiger partial charge in [-0.2, -0.15) is 0 Å². The third kappa shape index (κ3) is 5.70. The van der Waals surface area contributed by atoms with Gasteiger partial charge in [0.05, 0.1) is 0 Å². The summed E-state index contributed by atoms with van der Waals surface area (Å²) in [5, 5.41) is 3.44. The Morgan fingerprint density at radius 1 is 1.37 bits per heavy atom. The molecule has 1 saturated heterocycles. The van der Waals surface area contributed by atoms with E-state index < -0.39 is 0 Å². The third-order valence-electron chi connectivity index (χ3n) is 4.63. The lowest BCUT2D eigenvalue weighted by atomic mass is 9.85. The molecular weight excluding hydrogens is 260 g/mol. The van der Waals surface area contributed by atoms with Gasteiger partial charge in [0.2, 0.25) is 5.91 Å². The smallest absolute Gasteiger partial charge is 0.222 e. The number of hydrogen-bond donors (Lipinski definition) is 1. The van der Waals surface area contributed by atoms with Gasteiger partial charge in [-0.3, -0.25) is 4.79 Å². The van der Waals surface area contributed by atoms with E-state index in [0.717, 1.165) is 32.0 Å². The Morgan fingerprint density at radius 2 is 2.11 bits per heavy atom. The second-order valence-corrected chi connectivity index (χ2v) is 6.34. The molecule has 0 aromatic rings. The fourth-order valence-corrected chi connectivity index (χ4v) is 2.87. The molecule has 1 N–H and O–H groups in total. The van der Waals surface area contributed by atoms with Crippen molar-refractivity contribution in [1.82, 2.24) is 10.2 Å². The Morgan fingerprint density at radius 3 is 2.68 bits per heavy atom. The van der Waals surface area contributed by atoms with Crippen molar-refractivity contribution in [3.05, 3.63) is 0 Å². The number of nitrogens with zero attached hydrogens (tertiary/aromatic N) is 1. The Bertz CT molecular complexity index is 275. The monoisotopic (exact) mass is 288 g/mol. The zero-order valence-corrected chi connectivity index (χ0v) is 13.2. The van der Waals surface area contributed by atoms with Crippen LogP contribution in [0.3, 0.4) is 0 Å². The van der Waals surface area contributed by atoms with E-state index in [1.165, 1.54) is 32.1 Å². The van der Waals surface area contributed by atoms with Crippen molar-refractivity contribution in [1.29, 1.82) is 0 Å². The van der Waals surface area contributed by atoms with Gasteiger partial charge in [0.25, 0.3) is 0 Å². The van der Waals surface area contributed by atoms with Gasteiger partial charge < -0.3 is 10.2 Å². The second-order valence-electron chi connectivity index (χ2n) is 6.34. The first kappa shape index (κ1) is 16.8. The molecule has 1 heterocycles. The van der Waals surface area contributed by atoms with Crippen LogP contribution < -0.4 is 5.32 Å². The zero-order valence-electron chi connectivity index (χ0n) is 12.4. The fourth-order valence-electron chi connectivity index (χ4n) is 2.87. The van der Waals surface area contributed by atoms with Crippen molar-refractivity contribution < 1.29 is 4.79 Å². The molecule has 4 heteroatoms. The Hall–Kier alpha value is -0.280. The minimum absolute atomic E-state index is 0. The van der Waals surface area contributed by atoms with E-state index >= 15 is 0 Å². The van der Waals surface area contributed by atoms with Crippen LogP contribution in [0, 0.1) is 17.8 Å². The van der Waals surface area contributed by atoms with Crippen LogP contribution in [-0.2, 0) is 4.79 Å². The van der Waals surface area contributed by atoms with Crippen LogP contribution in [0.2, 0.25) is 0 Å². The van der Waals surface area contributed by atoms with Gasteiger partial charge in [0.1, 0.15) is 0 Å². The molecule has 3 nitrogen and oxygen atoms in total. The van der Waals surface area contributed by atoms with Gasteiger partial charge in [-0.1, -0.05) is 19.8 Å². The highest BCUT2D eigenvalue weighted by Crippen LogP contribution is 2.32. The molecule has 2 fully saturated rings. The first-order valence-electron chi connectivity index (χ1n) is 7.61. The fraction of sp³-hybridized carbons (Fsp3) is 0.933. The highest BCUT2D eigenvalue weighted by molar-refractivity contribution is 5.85. The summed E-state index contributed by atoms with van der Waals surface area (Å²) in [5.41, 5.74) is 0. The number of carbonyl (C=O) groups excluding carboxylic acids is 1. The van der Waals surface area contributed by atoms with Gasteiger partial charge in [0.15, 0.2) is 0 Å². The van der Waals surface area contributed by atoms with Crippen LogP contribution in [0.1, 0.15) is 45.4 Å². The molecule has 0 radical (unpaired) electrons. The van der Waals surface area contributed by atoms with Crippen LogP contribution in [0.4, 0.5) is 0 Å². The number of hydrogen-bond acceptors (Lipinski definition) is 2. The normalized spacial score (nSPS) is 24.4. The molecular formula is C15H29ClN2O. The summed E-state index contributed by atoms with van der Waals surface area (Å²) in [6.07, 6.45) is 7.25. The molecule has 1 aliphatic heterocycles. The van der Waals surface area contributed by atoms with E-state index in [-0.39, 0.29) is 12.4 Å². The van der Waals surface area contributed by atoms with Crippen LogP contribution in [0.5, 0.6) is 0 Å². The van der Waals surface area contributed by atoms with E-state index in [0.29, 0.717) is 17.7 Å². The molecule has 2 atom stereocenters. The lowest BCUT2D eigenvalue weighted by Gasteiger charge is -2.29.